The number of rotatable bonds is 5. The summed E-state index contributed by atoms with van der Waals surface area (Å²) in [6.45, 7) is 4.42. The van der Waals surface area contributed by atoms with Crippen LogP contribution in [0.4, 0.5) is 10.7 Å². The first-order valence-corrected chi connectivity index (χ1v) is 7.13. The number of Topliss-reactive ketones (excluding diaryl/α,β-unsaturated/α-hetero) is 1. The zero-order valence-corrected chi connectivity index (χ0v) is 12.0. The molecule has 4 heteroatoms. The van der Waals surface area contributed by atoms with Crippen LogP contribution in [0.3, 0.4) is 0 Å². The third-order valence-corrected chi connectivity index (χ3v) is 4.19. The van der Waals surface area contributed by atoms with E-state index in [4.69, 9.17) is 5.73 Å². The largest absolute Gasteiger partial charge is 0.397 e. The number of nitrogen functional groups attached to an aromatic ring is 1. The second-order valence-electron chi connectivity index (χ2n) is 4.47. The SMILES string of the molecule is CCc1ccc(CNc2cc(N)c(C(C)=O)s2)cc1. The van der Waals surface area contributed by atoms with Gasteiger partial charge in [-0.15, -0.1) is 11.3 Å². The molecule has 0 aliphatic rings. The van der Waals surface area contributed by atoms with E-state index in [9.17, 15) is 4.79 Å². The summed E-state index contributed by atoms with van der Waals surface area (Å²) in [5.41, 5.74) is 8.91. The van der Waals surface area contributed by atoms with Gasteiger partial charge in [0.25, 0.3) is 0 Å². The third kappa shape index (κ3) is 3.35. The fourth-order valence-corrected chi connectivity index (χ4v) is 2.72. The Kier molecular flexibility index (Phi) is 4.22. The van der Waals surface area contributed by atoms with Crippen LogP contribution in [0.2, 0.25) is 0 Å². The van der Waals surface area contributed by atoms with E-state index < -0.39 is 0 Å². The Morgan fingerprint density at radius 1 is 1.26 bits per heavy atom. The maximum Gasteiger partial charge on any atom is 0.171 e. The Bertz CT molecular complexity index is 572. The van der Waals surface area contributed by atoms with Crippen LogP contribution in [0.15, 0.2) is 30.3 Å². The Morgan fingerprint density at radius 3 is 2.42 bits per heavy atom. The number of benzene rings is 1. The van der Waals surface area contributed by atoms with Crippen LogP contribution in [-0.4, -0.2) is 5.78 Å². The maximum atomic E-state index is 11.3. The van der Waals surface area contributed by atoms with E-state index in [1.807, 2.05) is 6.07 Å². The second-order valence-corrected chi connectivity index (χ2v) is 5.53. The van der Waals surface area contributed by atoms with Gasteiger partial charge in [0, 0.05) is 13.5 Å². The van der Waals surface area contributed by atoms with E-state index in [0.29, 0.717) is 10.6 Å². The van der Waals surface area contributed by atoms with Crippen molar-refractivity contribution in [1.82, 2.24) is 0 Å². The van der Waals surface area contributed by atoms with Gasteiger partial charge in [0.2, 0.25) is 0 Å². The normalized spacial score (nSPS) is 10.4. The lowest BCUT2D eigenvalue weighted by Gasteiger charge is -2.04. The van der Waals surface area contributed by atoms with Gasteiger partial charge < -0.3 is 11.1 Å². The van der Waals surface area contributed by atoms with Gasteiger partial charge in [-0.3, -0.25) is 4.79 Å². The molecular weight excluding hydrogens is 256 g/mol. The number of hydrogen-bond acceptors (Lipinski definition) is 4. The summed E-state index contributed by atoms with van der Waals surface area (Å²) in [4.78, 5) is 12.0. The molecule has 0 aliphatic heterocycles. The van der Waals surface area contributed by atoms with Crippen LogP contribution in [0.1, 0.15) is 34.6 Å². The lowest BCUT2D eigenvalue weighted by atomic mass is 10.1. The molecule has 3 nitrogen and oxygen atoms in total. The van der Waals surface area contributed by atoms with Gasteiger partial charge in [-0.25, -0.2) is 0 Å². The fourth-order valence-electron chi connectivity index (χ4n) is 1.85. The highest BCUT2D eigenvalue weighted by molar-refractivity contribution is 7.18. The van der Waals surface area contributed by atoms with Crippen LogP contribution in [-0.2, 0) is 13.0 Å². The Morgan fingerprint density at radius 2 is 1.89 bits per heavy atom. The van der Waals surface area contributed by atoms with E-state index in [0.717, 1.165) is 18.0 Å². The summed E-state index contributed by atoms with van der Waals surface area (Å²) in [5.74, 6) is 0.0165. The molecule has 3 N–H and O–H groups in total. The molecule has 0 bridgehead atoms. The highest BCUT2D eigenvalue weighted by Gasteiger charge is 2.09. The highest BCUT2D eigenvalue weighted by atomic mass is 32.1. The number of nitrogens with one attached hydrogen (secondary N) is 1. The quantitative estimate of drug-likeness (QED) is 0.817. The molecular formula is C15H18N2OS. The molecule has 0 saturated carbocycles. The molecule has 19 heavy (non-hydrogen) atoms. The summed E-state index contributed by atoms with van der Waals surface area (Å²) in [6, 6.07) is 10.3. The Hall–Kier alpha value is -1.81. The lowest BCUT2D eigenvalue weighted by Crippen LogP contribution is -1.97. The fraction of sp³-hybridized carbons (Fsp3) is 0.267. The molecule has 0 fully saturated rings. The van der Waals surface area contributed by atoms with Crippen molar-refractivity contribution in [2.75, 3.05) is 11.1 Å². The van der Waals surface area contributed by atoms with Crippen molar-refractivity contribution in [3.05, 3.63) is 46.3 Å². The first-order chi connectivity index (χ1) is 9.10. The maximum absolute atomic E-state index is 11.3. The second kappa shape index (κ2) is 5.89. The van der Waals surface area contributed by atoms with E-state index in [-0.39, 0.29) is 5.78 Å². The predicted octanol–water partition coefficient (Wildman–Crippen LogP) is 3.71. The average Bonchev–Trinajstić information content (AvgIpc) is 2.78. The number of anilines is 2. The number of carbonyl (C=O) groups is 1. The summed E-state index contributed by atoms with van der Waals surface area (Å²) in [5, 5.41) is 4.23. The summed E-state index contributed by atoms with van der Waals surface area (Å²) < 4.78 is 0. The summed E-state index contributed by atoms with van der Waals surface area (Å²) >= 11 is 1.41. The molecule has 1 aromatic heterocycles. The van der Waals surface area contributed by atoms with Crippen molar-refractivity contribution in [2.45, 2.75) is 26.8 Å². The van der Waals surface area contributed by atoms with Crippen molar-refractivity contribution >= 4 is 27.8 Å². The van der Waals surface area contributed by atoms with E-state index >= 15 is 0 Å². The van der Waals surface area contributed by atoms with Gasteiger partial charge in [-0.05, 0) is 23.6 Å². The standard InChI is InChI=1S/C15H18N2OS/c1-3-11-4-6-12(7-5-11)9-17-14-8-13(16)15(19-14)10(2)18/h4-8,17H,3,9,16H2,1-2H3. The van der Waals surface area contributed by atoms with Crippen LogP contribution in [0.25, 0.3) is 0 Å². The summed E-state index contributed by atoms with van der Waals surface area (Å²) in [7, 11) is 0. The number of ketones is 1. The number of thiophene rings is 1. The van der Waals surface area contributed by atoms with Crippen molar-refractivity contribution in [2.24, 2.45) is 0 Å². The minimum Gasteiger partial charge on any atom is -0.397 e. The molecule has 100 valence electrons. The van der Waals surface area contributed by atoms with Crippen LogP contribution in [0.5, 0.6) is 0 Å². The minimum absolute atomic E-state index is 0.0165. The molecule has 2 aromatic rings. The Labute approximate surface area is 117 Å². The van der Waals surface area contributed by atoms with Gasteiger partial charge in [-0.1, -0.05) is 31.2 Å². The van der Waals surface area contributed by atoms with Gasteiger partial charge in [-0.2, -0.15) is 0 Å². The third-order valence-electron chi connectivity index (χ3n) is 2.98. The van der Waals surface area contributed by atoms with Gasteiger partial charge in [0.15, 0.2) is 5.78 Å². The predicted molar refractivity (Wildman–Crippen MR) is 81.9 cm³/mol. The molecule has 2 rings (SSSR count). The highest BCUT2D eigenvalue weighted by Crippen LogP contribution is 2.29. The molecule has 1 heterocycles. The van der Waals surface area contributed by atoms with E-state index in [2.05, 4.69) is 36.5 Å². The van der Waals surface area contributed by atoms with E-state index in [1.54, 1.807) is 0 Å². The molecule has 0 aliphatic carbocycles. The monoisotopic (exact) mass is 274 g/mol. The van der Waals surface area contributed by atoms with Crippen LogP contribution < -0.4 is 11.1 Å². The number of nitrogens with two attached hydrogens (primary N) is 1. The first kappa shape index (κ1) is 13.6. The average molecular weight is 274 g/mol. The molecule has 0 atom stereocenters. The van der Waals surface area contributed by atoms with Crippen molar-refractivity contribution < 1.29 is 4.79 Å². The van der Waals surface area contributed by atoms with E-state index in [1.165, 1.54) is 29.4 Å². The molecule has 0 unspecified atom stereocenters. The molecule has 1 aromatic carbocycles. The number of aryl methyl sites for hydroxylation is 1. The molecule has 0 radical (unpaired) electrons. The molecule has 0 amide bonds. The molecule has 0 spiro atoms. The number of carbonyl (C=O) groups excluding carboxylic acids is 1. The zero-order chi connectivity index (χ0) is 13.8. The zero-order valence-electron chi connectivity index (χ0n) is 11.2. The first-order valence-electron chi connectivity index (χ1n) is 6.32. The Balaban J connectivity index is 2.01. The van der Waals surface area contributed by atoms with Crippen molar-refractivity contribution in [1.29, 1.82) is 0 Å². The number of hydrogen-bond donors (Lipinski definition) is 2. The van der Waals surface area contributed by atoms with Gasteiger partial charge in [0.05, 0.1) is 15.6 Å². The summed E-state index contributed by atoms with van der Waals surface area (Å²) in [6.07, 6.45) is 1.05. The van der Waals surface area contributed by atoms with Crippen molar-refractivity contribution in [3.63, 3.8) is 0 Å². The van der Waals surface area contributed by atoms with Crippen LogP contribution >= 0.6 is 11.3 Å². The molecule has 0 saturated heterocycles. The van der Waals surface area contributed by atoms with Gasteiger partial charge >= 0.3 is 0 Å². The lowest BCUT2D eigenvalue weighted by molar-refractivity contribution is 0.102. The van der Waals surface area contributed by atoms with Crippen molar-refractivity contribution in [3.8, 4) is 0 Å². The minimum atomic E-state index is 0.0165. The topological polar surface area (TPSA) is 55.1 Å². The smallest absolute Gasteiger partial charge is 0.171 e. The van der Waals surface area contributed by atoms with Gasteiger partial charge in [0.1, 0.15) is 0 Å². The van der Waals surface area contributed by atoms with Crippen LogP contribution in [0, 0.1) is 0 Å².